The third-order valence-corrected chi connectivity index (χ3v) is 4.94. The number of benzene rings is 1. The Morgan fingerprint density at radius 1 is 0.912 bits per heavy atom. The average molecular weight is 529 g/mol. The van der Waals surface area contributed by atoms with Crippen LogP contribution in [-0.4, -0.2) is 54.5 Å². The third-order valence-electron chi connectivity index (χ3n) is 4.16. The molecule has 8 nitrogen and oxygen atoms in total. The molecule has 1 aromatic carbocycles. The number of carbonyl (C=O) groups is 3. The van der Waals surface area contributed by atoms with E-state index in [1.807, 2.05) is 0 Å². The van der Waals surface area contributed by atoms with Crippen molar-refractivity contribution < 1.29 is 71.6 Å². The quantitative estimate of drug-likeness (QED) is 0.270. The van der Waals surface area contributed by atoms with Gasteiger partial charge in [0.05, 0.1) is 16.8 Å². The largest absolute Gasteiger partial charge is 0.438 e. The summed E-state index contributed by atoms with van der Waals surface area (Å²) in [6.45, 7) is 0. The molecule has 0 saturated heterocycles. The number of hydrogen-bond acceptors (Lipinski definition) is 6. The Hall–Kier alpha value is -3.15. The SMILES string of the molecule is O=C(OC(CS(=O)(=O)O)(C(F)(F)F)C(F)(F)F)c1ccc(N2C(=O)C=CC2=O)cc1C(F)(F)F. The maximum Gasteiger partial charge on any atom is 0.438 e. The lowest BCUT2D eigenvalue weighted by Gasteiger charge is -2.35. The van der Waals surface area contributed by atoms with Crippen LogP contribution in [0, 0.1) is 0 Å². The van der Waals surface area contributed by atoms with E-state index < -0.39 is 74.6 Å². The molecule has 34 heavy (non-hydrogen) atoms. The summed E-state index contributed by atoms with van der Waals surface area (Å²) in [6, 6.07) is 0.343. The van der Waals surface area contributed by atoms with Crippen molar-refractivity contribution in [3.8, 4) is 0 Å². The molecule has 2 amide bonds. The number of imide groups is 1. The topological polar surface area (TPSA) is 118 Å². The molecule has 0 unspecified atom stereocenters. The molecule has 188 valence electrons. The number of ether oxygens (including phenoxy) is 1. The molecule has 0 aromatic heterocycles. The number of hydrogen-bond donors (Lipinski definition) is 1. The van der Waals surface area contributed by atoms with Crippen LogP contribution in [0.3, 0.4) is 0 Å². The van der Waals surface area contributed by atoms with E-state index in [0.717, 1.165) is 0 Å². The van der Waals surface area contributed by atoms with Gasteiger partial charge in [0.1, 0.15) is 5.75 Å². The van der Waals surface area contributed by atoms with Gasteiger partial charge in [-0.1, -0.05) is 0 Å². The van der Waals surface area contributed by atoms with Crippen LogP contribution in [0.4, 0.5) is 45.2 Å². The van der Waals surface area contributed by atoms with Crippen molar-refractivity contribution in [1.82, 2.24) is 0 Å². The van der Waals surface area contributed by atoms with E-state index in [1.165, 1.54) is 0 Å². The molecule has 1 heterocycles. The zero-order valence-electron chi connectivity index (χ0n) is 15.7. The van der Waals surface area contributed by atoms with Gasteiger partial charge >= 0.3 is 30.1 Å². The van der Waals surface area contributed by atoms with Crippen LogP contribution in [0.5, 0.6) is 0 Å². The van der Waals surface area contributed by atoms with Crippen molar-refractivity contribution in [1.29, 1.82) is 0 Å². The molecule has 0 spiro atoms. The Bertz CT molecular complexity index is 1130. The summed E-state index contributed by atoms with van der Waals surface area (Å²) in [5.74, 6) is -8.51. The molecule has 0 radical (unpaired) electrons. The van der Waals surface area contributed by atoms with Crippen molar-refractivity contribution in [3.63, 3.8) is 0 Å². The van der Waals surface area contributed by atoms with Crippen LogP contribution in [0.1, 0.15) is 15.9 Å². The zero-order chi connectivity index (χ0) is 26.5. The first kappa shape index (κ1) is 27.1. The third kappa shape index (κ3) is 5.16. The summed E-state index contributed by atoms with van der Waals surface area (Å²) >= 11 is 0. The summed E-state index contributed by atoms with van der Waals surface area (Å²) in [5, 5.41) is 0. The molecule has 0 aliphatic carbocycles. The molecule has 1 N–H and O–H groups in total. The Balaban J connectivity index is 2.66. The summed E-state index contributed by atoms with van der Waals surface area (Å²) in [5.41, 5.74) is -11.0. The first-order valence-corrected chi connectivity index (χ1v) is 9.81. The number of anilines is 1. The minimum Gasteiger partial charge on any atom is -0.435 e. The number of nitrogens with zero attached hydrogens (tertiary/aromatic N) is 1. The standard InChI is InChI=1S/C16H8F9NO7S/c17-14(18,19)9-5-7(26-10(27)3-4-11(26)28)1-2-8(9)12(29)33-13(15(20,21)22,16(23,24)25)6-34(30,31)32/h1-5H,6H2,(H,30,31,32). The number of esters is 1. The summed E-state index contributed by atoms with van der Waals surface area (Å²) in [6.07, 6.45) is -17.9. The first-order valence-electron chi connectivity index (χ1n) is 8.20. The lowest BCUT2D eigenvalue weighted by atomic mass is 10.0. The van der Waals surface area contributed by atoms with E-state index in [4.69, 9.17) is 4.55 Å². The molecular weight excluding hydrogens is 521 g/mol. The molecule has 0 saturated carbocycles. The summed E-state index contributed by atoms with van der Waals surface area (Å²) < 4.78 is 154. The monoisotopic (exact) mass is 529 g/mol. The molecular formula is C16H8F9NO7S. The number of carbonyl (C=O) groups excluding carboxylic acids is 3. The number of halogens is 9. The van der Waals surface area contributed by atoms with E-state index in [2.05, 4.69) is 4.74 Å². The van der Waals surface area contributed by atoms with E-state index in [-0.39, 0.29) is 17.0 Å². The average Bonchev–Trinajstić information content (AvgIpc) is 2.95. The zero-order valence-corrected chi connectivity index (χ0v) is 16.6. The molecule has 0 bridgehead atoms. The Kier molecular flexibility index (Phi) is 6.58. The second-order valence-electron chi connectivity index (χ2n) is 6.51. The van der Waals surface area contributed by atoms with Gasteiger partial charge in [-0.2, -0.15) is 47.9 Å². The number of alkyl halides is 9. The maximum atomic E-state index is 13.4. The van der Waals surface area contributed by atoms with Gasteiger partial charge in [0.25, 0.3) is 21.9 Å². The van der Waals surface area contributed by atoms with Crippen molar-refractivity contribution in [2.75, 3.05) is 10.7 Å². The van der Waals surface area contributed by atoms with Crippen LogP contribution in [-0.2, 0) is 30.6 Å². The van der Waals surface area contributed by atoms with Crippen LogP contribution >= 0.6 is 0 Å². The van der Waals surface area contributed by atoms with Gasteiger partial charge in [0.2, 0.25) is 0 Å². The van der Waals surface area contributed by atoms with Crippen molar-refractivity contribution in [3.05, 3.63) is 41.5 Å². The highest BCUT2D eigenvalue weighted by Crippen LogP contribution is 2.47. The van der Waals surface area contributed by atoms with Gasteiger partial charge in [-0.15, -0.1) is 0 Å². The molecule has 18 heteroatoms. The van der Waals surface area contributed by atoms with E-state index in [1.54, 1.807) is 0 Å². The highest BCUT2D eigenvalue weighted by Gasteiger charge is 2.76. The van der Waals surface area contributed by atoms with Crippen molar-refractivity contribution in [2.24, 2.45) is 0 Å². The molecule has 2 rings (SSSR count). The number of amides is 2. The van der Waals surface area contributed by atoms with Crippen LogP contribution in [0.2, 0.25) is 0 Å². The van der Waals surface area contributed by atoms with E-state index >= 15 is 0 Å². The lowest BCUT2D eigenvalue weighted by Crippen LogP contribution is -2.63. The van der Waals surface area contributed by atoms with Gasteiger partial charge in [-0.3, -0.25) is 14.1 Å². The maximum absolute atomic E-state index is 13.4. The highest BCUT2D eigenvalue weighted by atomic mass is 32.2. The van der Waals surface area contributed by atoms with Crippen LogP contribution in [0.15, 0.2) is 30.4 Å². The van der Waals surface area contributed by atoms with Gasteiger partial charge in [-0.05, 0) is 18.2 Å². The Morgan fingerprint density at radius 2 is 1.38 bits per heavy atom. The Labute approximate surface area is 182 Å². The minimum absolute atomic E-state index is 0.0182. The normalized spacial score (nSPS) is 15.8. The van der Waals surface area contributed by atoms with Gasteiger partial charge < -0.3 is 4.74 Å². The fourth-order valence-corrected chi connectivity index (χ4v) is 3.58. The first-order chi connectivity index (χ1) is 15.1. The molecule has 1 aromatic rings. The molecule has 1 aliphatic rings. The second-order valence-corrected chi connectivity index (χ2v) is 7.96. The summed E-state index contributed by atoms with van der Waals surface area (Å²) in [4.78, 5) is 35.5. The predicted molar refractivity (Wildman–Crippen MR) is 89.7 cm³/mol. The van der Waals surface area contributed by atoms with Crippen molar-refractivity contribution >= 4 is 33.6 Å². The fourth-order valence-electron chi connectivity index (χ4n) is 2.68. The van der Waals surface area contributed by atoms with Crippen LogP contribution in [0.25, 0.3) is 0 Å². The molecule has 0 fully saturated rings. The van der Waals surface area contributed by atoms with E-state index in [9.17, 15) is 62.3 Å². The Morgan fingerprint density at radius 3 is 1.76 bits per heavy atom. The number of rotatable bonds is 5. The minimum atomic E-state index is -6.77. The van der Waals surface area contributed by atoms with Gasteiger partial charge in [0, 0.05) is 12.2 Å². The predicted octanol–water partition coefficient (Wildman–Crippen LogP) is 3.04. The summed E-state index contributed by atoms with van der Waals surface area (Å²) in [7, 11) is -6.17. The van der Waals surface area contributed by atoms with Gasteiger partial charge in [0.15, 0.2) is 0 Å². The molecule has 0 atom stereocenters. The highest BCUT2D eigenvalue weighted by molar-refractivity contribution is 7.85. The second kappa shape index (κ2) is 8.26. The smallest absolute Gasteiger partial charge is 0.435 e. The van der Waals surface area contributed by atoms with Crippen molar-refractivity contribution in [2.45, 2.75) is 24.1 Å². The van der Waals surface area contributed by atoms with Crippen LogP contribution < -0.4 is 4.90 Å². The lowest BCUT2D eigenvalue weighted by molar-refractivity contribution is -0.356. The fraction of sp³-hybridized carbons (Fsp3) is 0.312. The van der Waals surface area contributed by atoms with Gasteiger partial charge in [-0.25, -0.2) is 9.69 Å². The van der Waals surface area contributed by atoms with E-state index in [0.29, 0.717) is 18.2 Å². The molecule has 1 aliphatic heterocycles.